The van der Waals surface area contributed by atoms with Gasteiger partial charge in [0.15, 0.2) is 0 Å². The van der Waals surface area contributed by atoms with Crippen molar-refractivity contribution in [3.63, 3.8) is 0 Å². The third-order valence-corrected chi connectivity index (χ3v) is 6.75. The zero-order valence-electron chi connectivity index (χ0n) is 21.6. The number of nitrogens with zero attached hydrogens (tertiary/aromatic N) is 5. The molecule has 8 heteroatoms. The highest BCUT2D eigenvalue weighted by Crippen LogP contribution is 2.29. The van der Waals surface area contributed by atoms with Crippen molar-refractivity contribution < 1.29 is 5.11 Å². The van der Waals surface area contributed by atoms with E-state index >= 15 is 0 Å². The van der Waals surface area contributed by atoms with Gasteiger partial charge in [-0.15, -0.1) is 10.2 Å². The maximum absolute atomic E-state index is 13.8. The monoisotopic (exact) mass is 506 g/mol. The van der Waals surface area contributed by atoms with Crippen molar-refractivity contribution in [2.75, 3.05) is 0 Å². The Labute approximate surface area is 221 Å². The molecule has 3 aromatic carbocycles. The van der Waals surface area contributed by atoms with Gasteiger partial charge < -0.3 is 5.11 Å². The second-order valence-corrected chi connectivity index (χ2v) is 9.18. The molecule has 38 heavy (non-hydrogen) atoms. The minimum absolute atomic E-state index is 0.00497. The summed E-state index contributed by atoms with van der Waals surface area (Å²) in [5, 5.41) is 24.0. The molecule has 2 aromatic heterocycles. The van der Waals surface area contributed by atoms with E-state index in [2.05, 4.69) is 32.8 Å². The topological polar surface area (TPSA) is 110 Å². The normalized spacial score (nSPS) is 11.1. The molecule has 0 atom stereocenters. The van der Waals surface area contributed by atoms with Gasteiger partial charge in [-0.3, -0.25) is 9.36 Å². The standard InChI is InChI=1S/C30H30N6O2/c1-3-27-26(17-21-8-7-9-22(16-21)19-37)30(38)36(28(4-2)31-27)18-20-12-14-23(15-13-20)24-10-5-6-11-25(24)29-32-34-35-33-29/h5-16,37H,3-4,17-19H2,1-2H3,(H,32,33,34,35). The summed E-state index contributed by atoms with van der Waals surface area (Å²) in [5.41, 5.74) is 7.32. The van der Waals surface area contributed by atoms with E-state index in [4.69, 9.17) is 4.98 Å². The molecule has 0 aliphatic rings. The Hall–Kier alpha value is -4.43. The number of aromatic amines is 1. The van der Waals surface area contributed by atoms with E-state index in [1.54, 1.807) is 4.57 Å². The van der Waals surface area contributed by atoms with Crippen LogP contribution in [0.2, 0.25) is 0 Å². The summed E-state index contributed by atoms with van der Waals surface area (Å²) >= 11 is 0. The van der Waals surface area contributed by atoms with Gasteiger partial charge in [-0.05, 0) is 39.5 Å². The predicted octanol–water partition coefficient (Wildman–Crippen LogP) is 4.35. The summed E-state index contributed by atoms with van der Waals surface area (Å²) in [7, 11) is 0. The summed E-state index contributed by atoms with van der Waals surface area (Å²) < 4.78 is 1.80. The highest BCUT2D eigenvalue weighted by Gasteiger charge is 2.17. The molecule has 5 aromatic rings. The van der Waals surface area contributed by atoms with Gasteiger partial charge in [0.1, 0.15) is 5.82 Å². The van der Waals surface area contributed by atoms with Crippen LogP contribution in [0.1, 0.15) is 47.6 Å². The molecular weight excluding hydrogens is 476 g/mol. The van der Waals surface area contributed by atoms with E-state index in [0.717, 1.165) is 44.9 Å². The number of rotatable bonds is 9. The van der Waals surface area contributed by atoms with Gasteiger partial charge in [0, 0.05) is 24.0 Å². The molecular formula is C30H30N6O2. The van der Waals surface area contributed by atoms with Crippen molar-refractivity contribution in [3.05, 3.63) is 117 Å². The molecule has 0 spiro atoms. The fourth-order valence-corrected chi connectivity index (χ4v) is 4.81. The molecule has 2 heterocycles. The molecule has 0 unspecified atom stereocenters. The van der Waals surface area contributed by atoms with Crippen molar-refractivity contribution in [1.29, 1.82) is 0 Å². The number of aryl methyl sites for hydroxylation is 2. The lowest BCUT2D eigenvalue weighted by molar-refractivity contribution is 0.281. The van der Waals surface area contributed by atoms with Crippen molar-refractivity contribution in [3.8, 4) is 22.5 Å². The summed E-state index contributed by atoms with van der Waals surface area (Å²) in [5.74, 6) is 1.33. The highest BCUT2D eigenvalue weighted by atomic mass is 16.3. The summed E-state index contributed by atoms with van der Waals surface area (Å²) in [6.07, 6.45) is 1.84. The van der Waals surface area contributed by atoms with Crippen LogP contribution in [0.4, 0.5) is 0 Å². The number of hydrogen-bond acceptors (Lipinski definition) is 6. The molecule has 0 aliphatic carbocycles. The molecule has 0 saturated heterocycles. The van der Waals surface area contributed by atoms with Crippen LogP contribution >= 0.6 is 0 Å². The first-order valence-corrected chi connectivity index (χ1v) is 12.8. The van der Waals surface area contributed by atoms with E-state index < -0.39 is 0 Å². The minimum atomic E-state index is -0.0265. The lowest BCUT2D eigenvalue weighted by Crippen LogP contribution is -2.30. The fourth-order valence-electron chi connectivity index (χ4n) is 4.81. The first kappa shape index (κ1) is 25.2. The number of hydrogen-bond donors (Lipinski definition) is 2. The molecule has 8 nitrogen and oxygen atoms in total. The van der Waals surface area contributed by atoms with Crippen LogP contribution < -0.4 is 5.56 Å². The Kier molecular flexibility index (Phi) is 7.51. The summed E-state index contributed by atoms with van der Waals surface area (Å²) in [4.78, 5) is 18.7. The van der Waals surface area contributed by atoms with Gasteiger partial charge in [0.25, 0.3) is 5.56 Å². The van der Waals surface area contributed by atoms with Gasteiger partial charge >= 0.3 is 0 Å². The fraction of sp³-hybridized carbons (Fsp3) is 0.233. The molecule has 0 amide bonds. The Bertz CT molecular complexity index is 1590. The highest BCUT2D eigenvalue weighted by molar-refractivity contribution is 5.80. The number of aromatic nitrogens is 6. The second kappa shape index (κ2) is 11.3. The van der Waals surface area contributed by atoms with E-state index in [-0.39, 0.29) is 12.2 Å². The summed E-state index contributed by atoms with van der Waals surface area (Å²) in [6, 6.07) is 23.9. The van der Waals surface area contributed by atoms with Crippen LogP contribution in [0.3, 0.4) is 0 Å². The Morgan fingerprint density at radius 2 is 1.63 bits per heavy atom. The molecule has 0 aliphatic heterocycles. The number of H-pyrrole nitrogens is 1. The third kappa shape index (κ3) is 5.17. The average Bonchev–Trinajstić information content (AvgIpc) is 3.51. The Morgan fingerprint density at radius 3 is 2.32 bits per heavy atom. The van der Waals surface area contributed by atoms with Gasteiger partial charge in [-0.25, -0.2) is 4.98 Å². The first-order chi connectivity index (χ1) is 18.6. The molecule has 192 valence electrons. The van der Waals surface area contributed by atoms with Crippen LogP contribution in [0.5, 0.6) is 0 Å². The minimum Gasteiger partial charge on any atom is -0.392 e. The van der Waals surface area contributed by atoms with Crippen LogP contribution in [-0.2, 0) is 32.4 Å². The predicted molar refractivity (Wildman–Crippen MR) is 147 cm³/mol. The number of nitrogens with one attached hydrogen (secondary N) is 1. The lowest BCUT2D eigenvalue weighted by atomic mass is 9.98. The van der Waals surface area contributed by atoms with Gasteiger partial charge in [-0.1, -0.05) is 86.6 Å². The molecule has 2 N–H and O–H groups in total. The molecule has 0 fully saturated rings. The van der Waals surface area contributed by atoms with Crippen LogP contribution in [0, 0.1) is 0 Å². The first-order valence-electron chi connectivity index (χ1n) is 12.8. The Balaban J connectivity index is 1.48. The summed E-state index contributed by atoms with van der Waals surface area (Å²) in [6.45, 7) is 4.47. The smallest absolute Gasteiger partial charge is 0.257 e. The zero-order valence-corrected chi connectivity index (χ0v) is 21.6. The number of tetrazole rings is 1. The average molecular weight is 507 g/mol. The van der Waals surface area contributed by atoms with Crippen LogP contribution in [0.25, 0.3) is 22.5 Å². The lowest BCUT2D eigenvalue weighted by Gasteiger charge is -2.17. The van der Waals surface area contributed by atoms with Gasteiger partial charge in [-0.2, -0.15) is 5.21 Å². The van der Waals surface area contributed by atoms with E-state index in [9.17, 15) is 9.90 Å². The zero-order chi connectivity index (χ0) is 26.5. The van der Waals surface area contributed by atoms with Crippen molar-refractivity contribution in [2.45, 2.75) is 46.3 Å². The van der Waals surface area contributed by atoms with Crippen molar-refractivity contribution in [2.24, 2.45) is 0 Å². The third-order valence-electron chi connectivity index (χ3n) is 6.75. The van der Waals surface area contributed by atoms with Crippen molar-refractivity contribution in [1.82, 2.24) is 30.2 Å². The van der Waals surface area contributed by atoms with E-state index in [1.807, 2.05) is 74.5 Å². The molecule has 0 radical (unpaired) electrons. The largest absolute Gasteiger partial charge is 0.392 e. The maximum Gasteiger partial charge on any atom is 0.257 e. The molecule has 5 rings (SSSR count). The van der Waals surface area contributed by atoms with E-state index in [1.165, 1.54) is 0 Å². The van der Waals surface area contributed by atoms with Crippen molar-refractivity contribution >= 4 is 0 Å². The molecule has 0 saturated carbocycles. The number of aliphatic hydroxyl groups excluding tert-OH is 1. The number of benzene rings is 3. The maximum atomic E-state index is 13.8. The molecule has 0 bridgehead atoms. The van der Waals surface area contributed by atoms with E-state index in [0.29, 0.717) is 37.2 Å². The van der Waals surface area contributed by atoms with Crippen LogP contribution in [0.15, 0.2) is 77.6 Å². The van der Waals surface area contributed by atoms with Gasteiger partial charge in [0.05, 0.1) is 18.8 Å². The SMILES string of the molecule is CCc1nc(CC)n(Cc2ccc(-c3ccccc3-c3nn[nH]n3)cc2)c(=O)c1Cc1cccc(CO)c1. The van der Waals surface area contributed by atoms with Gasteiger partial charge in [0.2, 0.25) is 5.82 Å². The number of aliphatic hydroxyl groups is 1. The Morgan fingerprint density at radius 1 is 0.868 bits per heavy atom. The second-order valence-electron chi connectivity index (χ2n) is 9.18. The van der Waals surface area contributed by atoms with Crippen LogP contribution in [-0.4, -0.2) is 35.3 Å². The quantitative estimate of drug-likeness (QED) is 0.308.